The number of pyridine rings is 1. The Hall–Kier alpha value is -3.34. The van der Waals surface area contributed by atoms with Crippen molar-refractivity contribution < 1.29 is 4.39 Å². The van der Waals surface area contributed by atoms with Crippen LogP contribution in [0.1, 0.15) is 36.9 Å². The first kappa shape index (κ1) is 21.5. The maximum atomic E-state index is 14.5. The molecule has 11 heteroatoms. The van der Waals surface area contributed by atoms with Crippen LogP contribution in [-0.2, 0) is 7.05 Å². The van der Waals surface area contributed by atoms with E-state index in [1.807, 2.05) is 6.20 Å². The number of anilines is 5. The molecule has 10 nitrogen and oxygen atoms in total. The van der Waals surface area contributed by atoms with E-state index in [-0.39, 0.29) is 11.7 Å². The number of aromatic nitrogens is 6. The zero-order chi connectivity index (χ0) is 23.1. The van der Waals surface area contributed by atoms with Gasteiger partial charge in [-0.2, -0.15) is 14.9 Å². The first-order valence-electron chi connectivity index (χ1n) is 11.3. The highest BCUT2D eigenvalue weighted by Crippen LogP contribution is 2.42. The number of piperazine rings is 1. The fourth-order valence-corrected chi connectivity index (χ4v) is 4.10. The Morgan fingerprint density at radius 3 is 2.58 bits per heavy atom. The van der Waals surface area contributed by atoms with E-state index >= 15 is 0 Å². The lowest BCUT2D eigenvalue weighted by Crippen LogP contribution is -2.50. The molecule has 2 fully saturated rings. The second-order valence-electron chi connectivity index (χ2n) is 8.94. The Morgan fingerprint density at radius 2 is 1.88 bits per heavy atom. The summed E-state index contributed by atoms with van der Waals surface area (Å²) in [5, 5.41) is 14.9. The van der Waals surface area contributed by atoms with Crippen LogP contribution in [0.5, 0.6) is 0 Å². The SMILES string of the molecule is Cc1nc(Nc2ncc(N3CCN(C)C(C)C3)c(Nc3cnn(C)n3)n2)cc(C2CC2)c1F. The van der Waals surface area contributed by atoms with Gasteiger partial charge in [0.15, 0.2) is 11.6 Å². The van der Waals surface area contributed by atoms with Crippen LogP contribution in [0.2, 0.25) is 0 Å². The van der Waals surface area contributed by atoms with Crippen LogP contribution in [0.15, 0.2) is 18.5 Å². The maximum Gasteiger partial charge on any atom is 0.230 e. The number of rotatable bonds is 6. The molecule has 1 unspecified atom stereocenters. The largest absolute Gasteiger partial charge is 0.364 e. The third-order valence-corrected chi connectivity index (χ3v) is 6.32. The van der Waals surface area contributed by atoms with Crippen LogP contribution in [0.25, 0.3) is 0 Å². The van der Waals surface area contributed by atoms with Crippen LogP contribution in [-0.4, -0.2) is 67.6 Å². The first-order chi connectivity index (χ1) is 15.9. The van der Waals surface area contributed by atoms with Gasteiger partial charge in [0.05, 0.1) is 23.8 Å². The van der Waals surface area contributed by atoms with Gasteiger partial charge in [0.2, 0.25) is 5.95 Å². The van der Waals surface area contributed by atoms with E-state index in [1.165, 1.54) is 4.80 Å². The van der Waals surface area contributed by atoms with E-state index < -0.39 is 0 Å². The molecule has 0 radical (unpaired) electrons. The molecule has 5 rings (SSSR count). The zero-order valence-corrected chi connectivity index (χ0v) is 19.4. The highest BCUT2D eigenvalue weighted by atomic mass is 19.1. The van der Waals surface area contributed by atoms with Crippen molar-refractivity contribution in [1.29, 1.82) is 0 Å². The Balaban J connectivity index is 1.46. The van der Waals surface area contributed by atoms with Gasteiger partial charge < -0.3 is 20.4 Å². The van der Waals surface area contributed by atoms with Gasteiger partial charge in [-0.15, -0.1) is 5.10 Å². The van der Waals surface area contributed by atoms with Crippen LogP contribution in [0, 0.1) is 12.7 Å². The Bertz CT molecular complexity index is 1160. The predicted octanol–water partition coefficient (Wildman–Crippen LogP) is 2.95. The van der Waals surface area contributed by atoms with Crippen molar-refractivity contribution in [3.05, 3.63) is 35.5 Å². The summed E-state index contributed by atoms with van der Waals surface area (Å²) >= 11 is 0. The van der Waals surface area contributed by atoms with Crippen molar-refractivity contribution in [2.24, 2.45) is 7.05 Å². The number of nitrogens with one attached hydrogen (secondary N) is 2. The van der Waals surface area contributed by atoms with Crippen LogP contribution < -0.4 is 15.5 Å². The standard InChI is InChI=1S/C22H29FN10/c1-13-12-33(8-7-31(13)3)17-10-24-22(29-21(17)27-19-11-25-32(4)30-19)28-18-9-16(15-5-6-15)20(23)14(2)26-18/h9-11,13,15H,5-8,12H2,1-4H3,(H2,24,26,27,28,29,30). The molecule has 0 aromatic carbocycles. The highest BCUT2D eigenvalue weighted by molar-refractivity contribution is 5.71. The molecular weight excluding hydrogens is 423 g/mol. The average Bonchev–Trinajstić information content (AvgIpc) is 3.55. The molecule has 1 aliphatic carbocycles. The molecule has 0 spiro atoms. The van der Waals surface area contributed by atoms with Crippen molar-refractivity contribution in [3.63, 3.8) is 0 Å². The van der Waals surface area contributed by atoms with Gasteiger partial charge in [-0.3, -0.25) is 0 Å². The first-order valence-corrected chi connectivity index (χ1v) is 11.3. The minimum absolute atomic E-state index is 0.214. The van der Waals surface area contributed by atoms with Gasteiger partial charge in [-0.05, 0) is 51.3 Å². The number of hydrogen-bond acceptors (Lipinski definition) is 9. The number of halogens is 1. The fourth-order valence-electron chi connectivity index (χ4n) is 4.10. The molecule has 2 aliphatic rings. The number of aryl methyl sites for hydroxylation is 2. The summed E-state index contributed by atoms with van der Waals surface area (Å²) in [6, 6.07) is 2.18. The van der Waals surface area contributed by atoms with E-state index in [9.17, 15) is 4.39 Å². The van der Waals surface area contributed by atoms with Crippen molar-refractivity contribution in [3.8, 4) is 0 Å². The summed E-state index contributed by atoms with van der Waals surface area (Å²) in [5.41, 5.74) is 1.99. The van der Waals surface area contributed by atoms with Crippen molar-refractivity contribution in [1.82, 2.24) is 34.8 Å². The van der Waals surface area contributed by atoms with Crippen molar-refractivity contribution in [2.75, 3.05) is 42.2 Å². The molecule has 4 heterocycles. The number of hydrogen-bond donors (Lipinski definition) is 2. The molecule has 0 bridgehead atoms. The quantitative estimate of drug-likeness (QED) is 0.585. The number of nitrogens with zero attached hydrogens (tertiary/aromatic N) is 8. The summed E-state index contributed by atoms with van der Waals surface area (Å²) in [6.45, 7) is 6.58. The molecule has 1 aliphatic heterocycles. The second kappa shape index (κ2) is 8.54. The Kier molecular flexibility index (Phi) is 5.57. The third-order valence-electron chi connectivity index (χ3n) is 6.32. The van der Waals surface area contributed by atoms with Crippen LogP contribution in [0.4, 0.5) is 33.5 Å². The second-order valence-corrected chi connectivity index (χ2v) is 8.94. The van der Waals surface area contributed by atoms with Gasteiger partial charge in [0.25, 0.3) is 0 Å². The van der Waals surface area contributed by atoms with Gasteiger partial charge in [-0.25, -0.2) is 14.4 Å². The molecule has 2 N–H and O–H groups in total. The molecule has 1 atom stereocenters. The molecule has 1 saturated carbocycles. The molecule has 0 amide bonds. The summed E-state index contributed by atoms with van der Waals surface area (Å²) in [7, 11) is 3.90. The Morgan fingerprint density at radius 1 is 1.06 bits per heavy atom. The van der Waals surface area contributed by atoms with E-state index in [0.29, 0.717) is 40.7 Å². The molecule has 3 aromatic rings. The normalized spacial score (nSPS) is 19.1. The van der Waals surface area contributed by atoms with E-state index in [2.05, 4.69) is 54.6 Å². The lowest BCUT2D eigenvalue weighted by atomic mass is 10.1. The molecule has 174 valence electrons. The van der Waals surface area contributed by atoms with Crippen molar-refractivity contribution in [2.45, 2.75) is 38.6 Å². The van der Waals surface area contributed by atoms with E-state index in [0.717, 1.165) is 38.2 Å². The van der Waals surface area contributed by atoms with Gasteiger partial charge in [0.1, 0.15) is 11.6 Å². The third kappa shape index (κ3) is 4.58. The minimum Gasteiger partial charge on any atom is -0.364 e. The van der Waals surface area contributed by atoms with Gasteiger partial charge in [0, 0.05) is 32.7 Å². The maximum absolute atomic E-state index is 14.5. The fraction of sp³-hybridized carbons (Fsp3) is 0.500. The summed E-state index contributed by atoms with van der Waals surface area (Å²) in [5.74, 6) is 2.22. The summed E-state index contributed by atoms with van der Waals surface area (Å²) in [4.78, 5) is 19.7. The molecule has 33 heavy (non-hydrogen) atoms. The van der Waals surface area contributed by atoms with Crippen LogP contribution >= 0.6 is 0 Å². The minimum atomic E-state index is -0.214. The summed E-state index contributed by atoms with van der Waals surface area (Å²) < 4.78 is 14.5. The average molecular weight is 453 g/mol. The Labute approximate surface area is 192 Å². The van der Waals surface area contributed by atoms with E-state index in [1.54, 1.807) is 26.2 Å². The monoisotopic (exact) mass is 452 g/mol. The predicted molar refractivity (Wildman–Crippen MR) is 125 cm³/mol. The zero-order valence-electron chi connectivity index (χ0n) is 19.4. The van der Waals surface area contributed by atoms with E-state index in [4.69, 9.17) is 4.98 Å². The lowest BCUT2D eigenvalue weighted by Gasteiger charge is -2.39. The van der Waals surface area contributed by atoms with Crippen LogP contribution in [0.3, 0.4) is 0 Å². The highest BCUT2D eigenvalue weighted by Gasteiger charge is 2.28. The number of likely N-dealkylation sites (N-methyl/N-ethyl adjacent to an activating group) is 1. The lowest BCUT2D eigenvalue weighted by molar-refractivity contribution is 0.234. The smallest absolute Gasteiger partial charge is 0.230 e. The molecular formula is C22H29FN10. The molecule has 1 saturated heterocycles. The summed E-state index contributed by atoms with van der Waals surface area (Å²) in [6.07, 6.45) is 5.49. The van der Waals surface area contributed by atoms with Gasteiger partial charge in [-0.1, -0.05) is 0 Å². The molecule has 3 aromatic heterocycles. The van der Waals surface area contributed by atoms with Gasteiger partial charge >= 0.3 is 0 Å². The van der Waals surface area contributed by atoms with Crippen molar-refractivity contribution >= 4 is 29.1 Å². The topological polar surface area (TPSA) is 99.9 Å².